The van der Waals surface area contributed by atoms with Crippen LogP contribution in [-0.2, 0) is 9.53 Å². The fourth-order valence-electron chi connectivity index (χ4n) is 4.05. The fraction of sp³-hybridized carbons (Fsp3) is 0.217. The Morgan fingerprint density at radius 3 is 2.52 bits per heavy atom. The third-order valence-corrected chi connectivity index (χ3v) is 5.31. The number of ketones is 1. The van der Waals surface area contributed by atoms with Gasteiger partial charge in [0.25, 0.3) is 0 Å². The molecule has 1 heterocycles. The Kier molecular flexibility index (Phi) is 4.29. The molecule has 2 aromatic carbocycles. The van der Waals surface area contributed by atoms with Gasteiger partial charge in [-0.1, -0.05) is 60.2 Å². The number of nitriles is 1. The molecular formula is C23H20N2O2. The van der Waals surface area contributed by atoms with E-state index in [0.717, 1.165) is 16.7 Å². The van der Waals surface area contributed by atoms with Crippen molar-refractivity contribution in [3.8, 4) is 6.07 Å². The van der Waals surface area contributed by atoms with Gasteiger partial charge in [-0.05, 0) is 24.0 Å². The van der Waals surface area contributed by atoms with Crippen LogP contribution in [0.1, 0.15) is 41.4 Å². The van der Waals surface area contributed by atoms with Crippen LogP contribution < -0.4 is 5.73 Å². The third kappa shape index (κ3) is 3.02. The lowest BCUT2D eigenvalue weighted by Crippen LogP contribution is -2.29. The minimum Gasteiger partial charge on any atom is -0.444 e. The number of rotatable bonds is 2. The number of carbonyl (C=O) groups excluding carboxylic acids is 1. The molecule has 2 atom stereocenters. The van der Waals surface area contributed by atoms with Crippen molar-refractivity contribution in [1.29, 1.82) is 5.26 Å². The number of allylic oxidation sites excluding steroid dienone is 3. The predicted molar refractivity (Wildman–Crippen MR) is 102 cm³/mol. The molecule has 2 aliphatic rings. The molecule has 0 saturated carbocycles. The molecule has 0 bridgehead atoms. The number of hydrogen-bond donors (Lipinski definition) is 1. The Labute approximate surface area is 158 Å². The van der Waals surface area contributed by atoms with Crippen LogP contribution in [0, 0.1) is 18.3 Å². The number of hydrogen-bond acceptors (Lipinski definition) is 4. The maximum Gasteiger partial charge on any atom is 0.205 e. The quantitative estimate of drug-likeness (QED) is 0.875. The zero-order chi connectivity index (χ0) is 19.0. The van der Waals surface area contributed by atoms with Gasteiger partial charge in [-0.3, -0.25) is 4.79 Å². The summed E-state index contributed by atoms with van der Waals surface area (Å²) in [4.78, 5) is 13.1. The second-order valence-electron chi connectivity index (χ2n) is 7.11. The van der Waals surface area contributed by atoms with Gasteiger partial charge in [0.15, 0.2) is 5.78 Å². The monoisotopic (exact) mass is 356 g/mol. The van der Waals surface area contributed by atoms with Crippen molar-refractivity contribution in [1.82, 2.24) is 0 Å². The topological polar surface area (TPSA) is 76.1 Å². The molecule has 0 unspecified atom stereocenters. The Balaban J connectivity index is 1.80. The third-order valence-electron chi connectivity index (χ3n) is 5.31. The van der Waals surface area contributed by atoms with Crippen molar-refractivity contribution >= 4 is 5.78 Å². The van der Waals surface area contributed by atoms with Crippen LogP contribution in [-0.4, -0.2) is 5.78 Å². The minimum atomic E-state index is -0.456. The highest BCUT2D eigenvalue weighted by molar-refractivity contribution is 6.00. The lowest BCUT2D eigenvalue weighted by Gasteiger charge is -2.34. The van der Waals surface area contributed by atoms with Gasteiger partial charge in [0.05, 0.1) is 5.92 Å². The molecule has 4 heteroatoms. The van der Waals surface area contributed by atoms with E-state index in [-0.39, 0.29) is 17.6 Å². The van der Waals surface area contributed by atoms with E-state index < -0.39 is 5.92 Å². The molecule has 0 amide bonds. The average molecular weight is 356 g/mol. The second-order valence-corrected chi connectivity index (χ2v) is 7.11. The van der Waals surface area contributed by atoms with Crippen LogP contribution in [0.4, 0.5) is 0 Å². The molecule has 0 aromatic heterocycles. The van der Waals surface area contributed by atoms with Crippen LogP contribution in [0.2, 0.25) is 0 Å². The maximum absolute atomic E-state index is 13.1. The van der Waals surface area contributed by atoms with Crippen molar-refractivity contribution < 1.29 is 9.53 Å². The minimum absolute atomic E-state index is 0.0249. The maximum atomic E-state index is 13.1. The summed E-state index contributed by atoms with van der Waals surface area (Å²) in [6.07, 6.45) is 1.01. The summed E-state index contributed by atoms with van der Waals surface area (Å²) in [6, 6.07) is 20.0. The molecular weight excluding hydrogens is 336 g/mol. The normalized spacial score (nSPS) is 22.1. The van der Waals surface area contributed by atoms with E-state index >= 15 is 0 Å². The summed E-state index contributed by atoms with van der Waals surface area (Å²) in [6.45, 7) is 1.99. The van der Waals surface area contributed by atoms with Crippen LogP contribution in [0.15, 0.2) is 77.4 Å². The molecule has 4 rings (SSSR count). The molecule has 0 saturated heterocycles. The highest BCUT2D eigenvalue weighted by atomic mass is 16.5. The van der Waals surface area contributed by atoms with Gasteiger partial charge in [0.1, 0.15) is 17.4 Å². The van der Waals surface area contributed by atoms with E-state index in [9.17, 15) is 10.1 Å². The van der Waals surface area contributed by atoms with E-state index in [2.05, 4.69) is 6.07 Å². The van der Waals surface area contributed by atoms with Crippen molar-refractivity contribution in [2.45, 2.75) is 31.6 Å². The lowest BCUT2D eigenvalue weighted by atomic mass is 9.73. The SMILES string of the molecule is Cc1cccc([C@H]2C(C#N)=C(N)OC3=C2C(=O)C[C@H](c2ccccc2)C3)c1. The number of benzene rings is 2. The van der Waals surface area contributed by atoms with Crippen LogP contribution in [0.3, 0.4) is 0 Å². The van der Waals surface area contributed by atoms with Crippen LogP contribution >= 0.6 is 0 Å². The van der Waals surface area contributed by atoms with Gasteiger partial charge in [0, 0.05) is 18.4 Å². The highest BCUT2D eigenvalue weighted by Gasteiger charge is 2.40. The molecule has 2 aromatic rings. The molecule has 134 valence electrons. The van der Waals surface area contributed by atoms with Gasteiger partial charge in [-0.15, -0.1) is 0 Å². The lowest BCUT2D eigenvalue weighted by molar-refractivity contribution is -0.117. The van der Waals surface area contributed by atoms with Gasteiger partial charge in [-0.2, -0.15) is 5.26 Å². The number of ether oxygens (including phenoxy) is 1. The van der Waals surface area contributed by atoms with Gasteiger partial charge in [-0.25, -0.2) is 0 Å². The summed E-state index contributed by atoms with van der Waals surface area (Å²) in [5.41, 5.74) is 10.1. The molecule has 1 aliphatic heterocycles. The summed E-state index contributed by atoms with van der Waals surface area (Å²) in [7, 11) is 0. The van der Waals surface area contributed by atoms with E-state index in [1.807, 2.05) is 61.5 Å². The zero-order valence-corrected chi connectivity index (χ0v) is 15.1. The summed E-state index contributed by atoms with van der Waals surface area (Å²) < 4.78 is 5.79. The van der Waals surface area contributed by atoms with E-state index in [1.165, 1.54) is 0 Å². The number of nitrogens with zero attached hydrogens (tertiary/aromatic N) is 1. The molecule has 2 N–H and O–H groups in total. The summed E-state index contributed by atoms with van der Waals surface area (Å²) in [5.74, 6) is 0.333. The zero-order valence-electron chi connectivity index (χ0n) is 15.1. The first kappa shape index (κ1) is 17.1. The fourth-order valence-corrected chi connectivity index (χ4v) is 4.05. The predicted octanol–water partition coefficient (Wildman–Crippen LogP) is 4.20. The second kappa shape index (κ2) is 6.77. The molecule has 0 radical (unpaired) electrons. The Morgan fingerprint density at radius 1 is 1.07 bits per heavy atom. The smallest absolute Gasteiger partial charge is 0.205 e. The van der Waals surface area contributed by atoms with E-state index in [4.69, 9.17) is 10.5 Å². The van der Waals surface area contributed by atoms with Crippen LogP contribution in [0.25, 0.3) is 0 Å². The van der Waals surface area contributed by atoms with Gasteiger partial charge in [0.2, 0.25) is 5.88 Å². The Bertz CT molecular complexity index is 1010. The Hall–Kier alpha value is -3.32. The van der Waals surface area contributed by atoms with Crippen molar-refractivity contribution in [2.24, 2.45) is 5.73 Å². The largest absolute Gasteiger partial charge is 0.444 e. The summed E-state index contributed by atoms with van der Waals surface area (Å²) >= 11 is 0. The first-order valence-electron chi connectivity index (χ1n) is 9.04. The van der Waals surface area contributed by atoms with Crippen molar-refractivity contribution in [3.63, 3.8) is 0 Å². The van der Waals surface area contributed by atoms with E-state index in [1.54, 1.807) is 0 Å². The first-order chi connectivity index (χ1) is 13.1. The molecule has 27 heavy (non-hydrogen) atoms. The number of carbonyl (C=O) groups is 1. The number of Topliss-reactive ketones (excluding diaryl/α,β-unsaturated/α-hetero) is 1. The molecule has 4 nitrogen and oxygen atoms in total. The van der Waals surface area contributed by atoms with E-state index in [0.29, 0.717) is 29.7 Å². The summed E-state index contributed by atoms with van der Waals surface area (Å²) in [5, 5.41) is 9.67. The average Bonchev–Trinajstić information content (AvgIpc) is 2.67. The first-order valence-corrected chi connectivity index (χ1v) is 9.04. The molecule has 0 spiro atoms. The number of nitrogens with two attached hydrogens (primary N) is 1. The highest BCUT2D eigenvalue weighted by Crippen LogP contribution is 2.46. The van der Waals surface area contributed by atoms with Gasteiger partial charge < -0.3 is 10.5 Å². The molecule has 0 fully saturated rings. The number of aryl methyl sites for hydroxylation is 1. The molecule has 1 aliphatic carbocycles. The van der Waals surface area contributed by atoms with Crippen LogP contribution in [0.5, 0.6) is 0 Å². The standard InChI is InChI=1S/C23H20N2O2/c1-14-6-5-9-16(10-14)21-18(13-24)23(25)27-20-12-17(11-19(26)22(20)21)15-7-3-2-4-8-15/h2-10,17,21H,11-12,25H2,1H3/t17-,21-/m0/s1. The van der Waals surface area contributed by atoms with Gasteiger partial charge >= 0.3 is 0 Å². The van der Waals surface area contributed by atoms with Crippen molar-refractivity contribution in [2.75, 3.05) is 0 Å². The van der Waals surface area contributed by atoms with Crippen molar-refractivity contribution in [3.05, 3.63) is 94.1 Å². The Morgan fingerprint density at radius 2 is 1.81 bits per heavy atom.